The third kappa shape index (κ3) is 5.78. The van der Waals surface area contributed by atoms with Gasteiger partial charge in [0.2, 0.25) is 5.91 Å². The second-order valence-electron chi connectivity index (χ2n) is 12.1. The van der Waals surface area contributed by atoms with Gasteiger partial charge in [-0.1, -0.05) is 0 Å². The molecule has 0 bridgehead atoms. The lowest BCUT2D eigenvalue weighted by molar-refractivity contribution is -0.119. The Morgan fingerprint density at radius 3 is 2.60 bits per heavy atom. The van der Waals surface area contributed by atoms with E-state index < -0.39 is 5.82 Å². The van der Waals surface area contributed by atoms with Crippen molar-refractivity contribution in [2.75, 3.05) is 20.1 Å². The average Bonchev–Trinajstić information content (AvgIpc) is 3.53. The normalized spacial score (nSPS) is 21.7. The molecule has 1 N–H and O–H groups in total. The van der Waals surface area contributed by atoms with Gasteiger partial charge >= 0.3 is 0 Å². The van der Waals surface area contributed by atoms with Gasteiger partial charge in [-0.05, 0) is 101 Å². The van der Waals surface area contributed by atoms with Crippen molar-refractivity contribution in [1.29, 1.82) is 0 Å². The molecule has 214 valence electrons. The highest BCUT2D eigenvalue weighted by Crippen LogP contribution is 2.34. The topological polar surface area (TPSA) is 70.5 Å². The van der Waals surface area contributed by atoms with E-state index in [9.17, 15) is 14.0 Å². The predicted molar refractivity (Wildman–Crippen MR) is 156 cm³/mol. The summed E-state index contributed by atoms with van der Waals surface area (Å²) in [5, 5.41) is 4.26. The summed E-state index contributed by atoms with van der Waals surface area (Å²) in [6, 6.07) is 5.38. The Kier molecular flexibility index (Phi) is 8.26. The van der Waals surface area contributed by atoms with E-state index in [1.807, 2.05) is 30.8 Å². The fraction of sp³-hybridized carbons (Fsp3) is 0.531. The maximum Gasteiger partial charge on any atom is 0.256 e. The molecule has 1 saturated carbocycles. The summed E-state index contributed by atoms with van der Waals surface area (Å²) in [5.41, 5.74) is 4.31. The van der Waals surface area contributed by atoms with Gasteiger partial charge in [-0.3, -0.25) is 14.6 Å². The number of aromatic nitrogens is 2. The molecule has 8 heteroatoms. The number of halogens is 1. The molecule has 1 atom stereocenters. The van der Waals surface area contributed by atoms with Gasteiger partial charge in [0.25, 0.3) is 5.91 Å². The average molecular weight is 548 g/mol. The second kappa shape index (κ2) is 11.7. The van der Waals surface area contributed by atoms with Crippen molar-refractivity contribution in [1.82, 2.24) is 24.7 Å². The molecule has 2 aromatic heterocycles. The number of amides is 2. The minimum Gasteiger partial charge on any atom is -0.354 e. The van der Waals surface area contributed by atoms with Crippen LogP contribution in [0.15, 0.2) is 36.8 Å². The van der Waals surface area contributed by atoms with Gasteiger partial charge in [-0.2, -0.15) is 0 Å². The summed E-state index contributed by atoms with van der Waals surface area (Å²) in [6.45, 7) is 9.77. The van der Waals surface area contributed by atoms with Gasteiger partial charge in [-0.15, -0.1) is 0 Å². The summed E-state index contributed by atoms with van der Waals surface area (Å²) in [5.74, 6) is -0.0138. The summed E-state index contributed by atoms with van der Waals surface area (Å²) >= 11 is 0. The smallest absolute Gasteiger partial charge is 0.256 e. The molecule has 2 aliphatic rings. The highest BCUT2D eigenvalue weighted by molar-refractivity contribution is 5.99. The zero-order valence-electron chi connectivity index (χ0n) is 24.4. The third-order valence-electron chi connectivity index (χ3n) is 8.97. The van der Waals surface area contributed by atoms with Crippen LogP contribution in [0.5, 0.6) is 0 Å². The molecule has 1 saturated heterocycles. The molecule has 1 aromatic carbocycles. The van der Waals surface area contributed by atoms with Crippen LogP contribution < -0.4 is 5.32 Å². The van der Waals surface area contributed by atoms with Crippen LogP contribution in [0.3, 0.4) is 0 Å². The van der Waals surface area contributed by atoms with Gasteiger partial charge in [0, 0.05) is 56.4 Å². The molecule has 40 heavy (non-hydrogen) atoms. The van der Waals surface area contributed by atoms with Gasteiger partial charge in [-0.25, -0.2) is 4.39 Å². The van der Waals surface area contributed by atoms with Gasteiger partial charge in [0.05, 0.1) is 23.0 Å². The number of nitrogens with zero attached hydrogens (tertiary/aromatic N) is 4. The number of benzene rings is 1. The maximum absolute atomic E-state index is 14.4. The SMILES string of the molecule is CC(=O)NC1CCC(N2CC[C@@H](Cc3cn(-c4ccc(F)cc4C(=O)N(C)C(C)C)c4cncc(C)c34)C2)CC1. The summed E-state index contributed by atoms with van der Waals surface area (Å²) < 4.78 is 16.4. The van der Waals surface area contributed by atoms with Crippen LogP contribution >= 0.6 is 0 Å². The first kappa shape index (κ1) is 28.3. The van der Waals surface area contributed by atoms with Gasteiger partial charge in [0.1, 0.15) is 5.82 Å². The number of fused-ring (bicyclic) bond motifs is 1. The van der Waals surface area contributed by atoms with Crippen LogP contribution in [0.4, 0.5) is 4.39 Å². The van der Waals surface area contributed by atoms with Crippen LogP contribution in [-0.4, -0.2) is 69.4 Å². The number of nitrogens with one attached hydrogen (secondary N) is 1. The van der Waals surface area contributed by atoms with Crippen LogP contribution in [0.1, 0.15) is 74.4 Å². The van der Waals surface area contributed by atoms with Crippen LogP contribution in [0.2, 0.25) is 0 Å². The number of carbonyl (C=O) groups is 2. The third-order valence-corrected chi connectivity index (χ3v) is 8.97. The van der Waals surface area contributed by atoms with Crippen molar-refractivity contribution in [3.63, 3.8) is 0 Å². The molecule has 3 aromatic rings. The highest BCUT2D eigenvalue weighted by Gasteiger charge is 2.32. The van der Waals surface area contributed by atoms with Crippen LogP contribution in [0, 0.1) is 18.7 Å². The van der Waals surface area contributed by atoms with Crippen molar-refractivity contribution in [2.45, 2.75) is 84.3 Å². The number of carbonyl (C=O) groups excluding carboxylic acids is 2. The van der Waals surface area contributed by atoms with Crippen LogP contribution in [0.25, 0.3) is 16.6 Å². The van der Waals surface area contributed by atoms with Crippen molar-refractivity contribution in [3.8, 4) is 5.69 Å². The monoisotopic (exact) mass is 547 g/mol. The predicted octanol–water partition coefficient (Wildman–Crippen LogP) is 5.27. The largest absolute Gasteiger partial charge is 0.354 e. The first-order valence-corrected chi connectivity index (χ1v) is 14.6. The van der Waals surface area contributed by atoms with Crippen molar-refractivity contribution in [2.24, 2.45) is 5.92 Å². The summed E-state index contributed by atoms with van der Waals surface area (Å²) in [6.07, 6.45) is 12.4. The Labute approximate surface area is 236 Å². The molecule has 0 radical (unpaired) electrons. The molecule has 0 spiro atoms. The Bertz CT molecular complexity index is 1390. The minimum absolute atomic E-state index is 0.00439. The number of likely N-dealkylation sites (tertiary alicyclic amines) is 1. The van der Waals surface area contributed by atoms with E-state index in [1.54, 1.807) is 24.9 Å². The zero-order valence-corrected chi connectivity index (χ0v) is 24.4. The highest BCUT2D eigenvalue weighted by atomic mass is 19.1. The molecule has 3 heterocycles. The lowest BCUT2D eigenvalue weighted by Gasteiger charge is -2.34. The van der Waals surface area contributed by atoms with E-state index in [2.05, 4.69) is 28.3 Å². The first-order valence-electron chi connectivity index (χ1n) is 14.6. The van der Waals surface area contributed by atoms with Crippen molar-refractivity contribution >= 4 is 22.7 Å². The molecule has 1 aliphatic carbocycles. The van der Waals surface area contributed by atoms with Crippen LogP contribution in [-0.2, 0) is 11.2 Å². The molecule has 2 fully saturated rings. The van der Waals surface area contributed by atoms with Crippen molar-refractivity contribution in [3.05, 3.63) is 59.3 Å². The Balaban J connectivity index is 1.39. The number of pyridine rings is 1. The number of rotatable bonds is 7. The Morgan fingerprint density at radius 2 is 1.90 bits per heavy atom. The Hall–Kier alpha value is -3.26. The summed E-state index contributed by atoms with van der Waals surface area (Å²) in [4.78, 5) is 33.6. The standard InChI is InChI=1S/C32H42FN5O2/c1-20(2)36(5)32(40)28-15-25(33)6-11-29(28)38-19-24(31-21(3)16-34-17-30(31)38)14-23-12-13-37(18-23)27-9-7-26(8-10-27)35-22(4)39/h6,11,15-17,19-20,23,26-27H,7-10,12-14,18H2,1-5H3,(H,35,39)/t23-,26?,27?/m0/s1. The quantitative estimate of drug-likeness (QED) is 0.438. The number of hydrogen-bond acceptors (Lipinski definition) is 4. The van der Waals surface area contributed by atoms with Gasteiger partial charge in [0.15, 0.2) is 0 Å². The van der Waals surface area contributed by atoms with E-state index in [1.165, 1.54) is 23.1 Å². The summed E-state index contributed by atoms with van der Waals surface area (Å²) in [7, 11) is 1.75. The molecular formula is C32H42FN5O2. The molecule has 2 amide bonds. The first-order chi connectivity index (χ1) is 19.1. The van der Waals surface area contributed by atoms with E-state index in [4.69, 9.17) is 0 Å². The number of hydrogen-bond donors (Lipinski definition) is 1. The van der Waals surface area contributed by atoms with E-state index in [-0.39, 0.29) is 17.9 Å². The second-order valence-corrected chi connectivity index (χ2v) is 12.1. The Morgan fingerprint density at radius 1 is 1.15 bits per heavy atom. The lowest BCUT2D eigenvalue weighted by Crippen LogP contribution is -2.42. The molecule has 0 unspecified atom stereocenters. The van der Waals surface area contributed by atoms with Crippen molar-refractivity contribution < 1.29 is 14.0 Å². The molecule has 7 nitrogen and oxygen atoms in total. The van der Waals surface area contributed by atoms with Gasteiger partial charge < -0.3 is 19.7 Å². The molecule has 1 aliphatic heterocycles. The maximum atomic E-state index is 14.4. The molecule has 5 rings (SSSR count). The van der Waals surface area contributed by atoms with E-state index >= 15 is 0 Å². The fourth-order valence-electron chi connectivity index (χ4n) is 6.65. The zero-order chi connectivity index (χ0) is 28.6. The number of aryl methyl sites for hydroxylation is 1. The fourth-order valence-corrected chi connectivity index (χ4v) is 6.65. The molecular weight excluding hydrogens is 505 g/mol. The van der Waals surface area contributed by atoms with E-state index in [0.29, 0.717) is 29.3 Å². The van der Waals surface area contributed by atoms with E-state index in [0.717, 1.165) is 62.7 Å². The lowest BCUT2D eigenvalue weighted by atomic mass is 9.90. The minimum atomic E-state index is -0.424.